The molecular formula is C17H23N3O. The number of benzene rings is 1. The Morgan fingerprint density at radius 1 is 1.29 bits per heavy atom. The van der Waals surface area contributed by atoms with Crippen LogP contribution in [-0.2, 0) is 0 Å². The average molecular weight is 285 g/mol. The maximum absolute atomic E-state index is 5.90. The van der Waals surface area contributed by atoms with Gasteiger partial charge in [-0.2, -0.15) is 0 Å². The second-order valence-corrected chi connectivity index (χ2v) is 6.22. The van der Waals surface area contributed by atoms with Gasteiger partial charge in [-0.05, 0) is 54.5 Å². The number of pyridine rings is 1. The molecule has 0 saturated carbocycles. The Labute approximate surface area is 125 Å². The lowest BCUT2D eigenvalue weighted by Crippen LogP contribution is -2.42. The van der Waals surface area contributed by atoms with Crippen LogP contribution in [0, 0.1) is 5.41 Å². The molecule has 0 aliphatic carbocycles. The molecule has 1 aliphatic heterocycles. The Kier molecular flexibility index (Phi) is 3.72. The van der Waals surface area contributed by atoms with E-state index in [-0.39, 0.29) is 5.41 Å². The number of fused-ring (bicyclic) bond motifs is 1. The quantitative estimate of drug-likeness (QED) is 0.942. The normalized spacial score (nSPS) is 18.0. The van der Waals surface area contributed by atoms with Gasteiger partial charge in [-0.3, -0.25) is 0 Å². The van der Waals surface area contributed by atoms with E-state index in [4.69, 9.17) is 10.5 Å². The molecule has 1 aromatic carbocycles. The van der Waals surface area contributed by atoms with Crippen molar-refractivity contribution in [1.29, 1.82) is 0 Å². The standard InChI is InChI=1S/C17H23N3O/c1-17(12-18)6-9-20(10-7-17)16-15-4-3-14(21-2)11-13(15)5-8-19-16/h3-5,8,11H,6-7,9-10,12,18H2,1-2H3. The van der Waals surface area contributed by atoms with Crippen LogP contribution in [0.2, 0.25) is 0 Å². The molecule has 0 amide bonds. The molecule has 2 N–H and O–H groups in total. The monoisotopic (exact) mass is 285 g/mol. The van der Waals surface area contributed by atoms with E-state index in [1.54, 1.807) is 7.11 Å². The van der Waals surface area contributed by atoms with Crippen molar-refractivity contribution in [2.24, 2.45) is 11.1 Å². The highest BCUT2D eigenvalue weighted by atomic mass is 16.5. The summed E-state index contributed by atoms with van der Waals surface area (Å²) >= 11 is 0. The van der Waals surface area contributed by atoms with Crippen LogP contribution in [0.4, 0.5) is 5.82 Å². The van der Waals surface area contributed by atoms with Gasteiger partial charge in [0.05, 0.1) is 7.11 Å². The summed E-state index contributed by atoms with van der Waals surface area (Å²) in [5.41, 5.74) is 6.18. The first-order valence-corrected chi connectivity index (χ1v) is 7.53. The molecule has 112 valence electrons. The number of nitrogens with zero attached hydrogens (tertiary/aromatic N) is 2. The molecule has 2 aromatic rings. The molecule has 3 rings (SSSR count). The average Bonchev–Trinajstić information content (AvgIpc) is 2.54. The van der Waals surface area contributed by atoms with E-state index in [1.807, 2.05) is 18.3 Å². The second-order valence-electron chi connectivity index (χ2n) is 6.22. The molecule has 1 saturated heterocycles. The third-order valence-electron chi connectivity index (χ3n) is 4.71. The summed E-state index contributed by atoms with van der Waals surface area (Å²) in [6.07, 6.45) is 4.13. The number of methoxy groups -OCH3 is 1. The molecule has 21 heavy (non-hydrogen) atoms. The lowest BCUT2D eigenvalue weighted by atomic mass is 9.80. The van der Waals surface area contributed by atoms with Gasteiger partial charge in [-0.25, -0.2) is 4.98 Å². The fourth-order valence-corrected chi connectivity index (χ4v) is 2.98. The molecule has 0 spiro atoms. The molecule has 0 bridgehead atoms. The zero-order valence-corrected chi connectivity index (χ0v) is 12.8. The van der Waals surface area contributed by atoms with Gasteiger partial charge in [0.2, 0.25) is 0 Å². The van der Waals surface area contributed by atoms with Crippen LogP contribution in [0.3, 0.4) is 0 Å². The molecule has 1 fully saturated rings. The summed E-state index contributed by atoms with van der Waals surface area (Å²) in [4.78, 5) is 6.99. The van der Waals surface area contributed by atoms with Crippen LogP contribution >= 0.6 is 0 Å². The number of nitrogens with two attached hydrogens (primary N) is 1. The van der Waals surface area contributed by atoms with E-state index < -0.39 is 0 Å². The summed E-state index contributed by atoms with van der Waals surface area (Å²) in [6.45, 7) is 5.09. The highest BCUT2D eigenvalue weighted by Crippen LogP contribution is 2.34. The van der Waals surface area contributed by atoms with Gasteiger partial charge in [0.15, 0.2) is 0 Å². The molecule has 0 atom stereocenters. The minimum atomic E-state index is 0.282. The van der Waals surface area contributed by atoms with Gasteiger partial charge in [-0.1, -0.05) is 6.92 Å². The third kappa shape index (κ3) is 2.68. The fourth-order valence-electron chi connectivity index (χ4n) is 2.98. The van der Waals surface area contributed by atoms with Crippen LogP contribution in [0.25, 0.3) is 10.8 Å². The predicted molar refractivity (Wildman–Crippen MR) is 86.9 cm³/mol. The molecule has 4 heteroatoms. The van der Waals surface area contributed by atoms with Crippen LogP contribution < -0.4 is 15.4 Å². The molecule has 4 nitrogen and oxygen atoms in total. The minimum absolute atomic E-state index is 0.282. The molecule has 0 radical (unpaired) electrons. The SMILES string of the molecule is COc1ccc2c(N3CCC(C)(CN)CC3)nccc2c1. The van der Waals surface area contributed by atoms with Crippen molar-refractivity contribution in [3.05, 3.63) is 30.5 Å². The van der Waals surface area contributed by atoms with E-state index in [9.17, 15) is 0 Å². The number of rotatable bonds is 3. The van der Waals surface area contributed by atoms with Gasteiger partial charge in [-0.15, -0.1) is 0 Å². The summed E-state index contributed by atoms with van der Waals surface area (Å²) in [5, 5.41) is 2.36. The smallest absolute Gasteiger partial charge is 0.136 e. The van der Waals surface area contributed by atoms with Gasteiger partial charge < -0.3 is 15.4 Å². The van der Waals surface area contributed by atoms with E-state index >= 15 is 0 Å². The molecule has 2 heterocycles. The maximum atomic E-state index is 5.90. The van der Waals surface area contributed by atoms with Crippen molar-refractivity contribution < 1.29 is 4.74 Å². The van der Waals surface area contributed by atoms with Crippen LogP contribution in [-0.4, -0.2) is 31.7 Å². The first-order chi connectivity index (χ1) is 10.1. The Morgan fingerprint density at radius 3 is 2.71 bits per heavy atom. The number of hydrogen-bond donors (Lipinski definition) is 1. The molecule has 1 aromatic heterocycles. The van der Waals surface area contributed by atoms with Crippen molar-refractivity contribution >= 4 is 16.6 Å². The molecular weight excluding hydrogens is 262 g/mol. The van der Waals surface area contributed by atoms with Gasteiger partial charge in [0.25, 0.3) is 0 Å². The first kappa shape index (κ1) is 14.1. The van der Waals surface area contributed by atoms with Crippen molar-refractivity contribution in [3.8, 4) is 5.75 Å². The summed E-state index contributed by atoms with van der Waals surface area (Å²) in [6, 6.07) is 8.21. The molecule has 1 aliphatic rings. The summed E-state index contributed by atoms with van der Waals surface area (Å²) in [7, 11) is 1.70. The highest BCUT2D eigenvalue weighted by molar-refractivity contribution is 5.93. The van der Waals surface area contributed by atoms with Crippen molar-refractivity contribution in [3.63, 3.8) is 0 Å². The topological polar surface area (TPSA) is 51.4 Å². The number of piperidine rings is 1. The maximum Gasteiger partial charge on any atom is 0.136 e. The largest absolute Gasteiger partial charge is 0.497 e. The third-order valence-corrected chi connectivity index (χ3v) is 4.71. The zero-order valence-electron chi connectivity index (χ0n) is 12.8. The Morgan fingerprint density at radius 2 is 2.05 bits per heavy atom. The first-order valence-electron chi connectivity index (χ1n) is 7.53. The van der Waals surface area contributed by atoms with E-state index in [0.717, 1.165) is 44.0 Å². The van der Waals surface area contributed by atoms with E-state index in [2.05, 4.69) is 28.9 Å². The lowest BCUT2D eigenvalue weighted by molar-refractivity contribution is 0.258. The van der Waals surface area contributed by atoms with Crippen molar-refractivity contribution in [2.75, 3.05) is 31.6 Å². The second kappa shape index (κ2) is 5.53. The fraction of sp³-hybridized carbons (Fsp3) is 0.471. The number of hydrogen-bond acceptors (Lipinski definition) is 4. The Bertz CT molecular complexity index is 633. The van der Waals surface area contributed by atoms with Crippen molar-refractivity contribution in [2.45, 2.75) is 19.8 Å². The molecule has 0 unspecified atom stereocenters. The van der Waals surface area contributed by atoms with Crippen molar-refractivity contribution in [1.82, 2.24) is 4.98 Å². The lowest BCUT2D eigenvalue weighted by Gasteiger charge is -2.39. The minimum Gasteiger partial charge on any atom is -0.497 e. The number of anilines is 1. The van der Waals surface area contributed by atoms with Gasteiger partial charge in [0, 0.05) is 24.7 Å². The Balaban J connectivity index is 1.91. The van der Waals surface area contributed by atoms with Crippen LogP contribution in [0.15, 0.2) is 30.5 Å². The predicted octanol–water partition coefficient (Wildman–Crippen LogP) is 2.81. The number of aromatic nitrogens is 1. The van der Waals surface area contributed by atoms with E-state index in [0.29, 0.717) is 0 Å². The van der Waals surface area contributed by atoms with Crippen LogP contribution in [0.5, 0.6) is 5.75 Å². The van der Waals surface area contributed by atoms with E-state index in [1.165, 1.54) is 10.8 Å². The zero-order chi connectivity index (χ0) is 14.9. The Hall–Kier alpha value is -1.81. The van der Waals surface area contributed by atoms with Crippen LogP contribution in [0.1, 0.15) is 19.8 Å². The van der Waals surface area contributed by atoms with Gasteiger partial charge in [0.1, 0.15) is 11.6 Å². The number of ether oxygens (including phenoxy) is 1. The summed E-state index contributed by atoms with van der Waals surface area (Å²) < 4.78 is 5.30. The highest BCUT2D eigenvalue weighted by Gasteiger charge is 2.29. The van der Waals surface area contributed by atoms with Gasteiger partial charge >= 0.3 is 0 Å². The summed E-state index contributed by atoms with van der Waals surface area (Å²) in [5.74, 6) is 1.96.